The molecule has 2 aromatic rings. The molecule has 1 heterocycles. The van der Waals surface area contributed by atoms with E-state index < -0.39 is 5.97 Å². The summed E-state index contributed by atoms with van der Waals surface area (Å²) in [6.07, 6.45) is 5.47. The van der Waals surface area contributed by atoms with E-state index in [9.17, 15) is 9.59 Å². The van der Waals surface area contributed by atoms with E-state index in [4.69, 9.17) is 5.11 Å². The highest BCUT2D eigenvalue weighted by molar-refractivity contribution is 9.10. The molecular weight excluding hydrogens is 374 g/mol. The van der Waals surface area contributed by atoms with Gasteiger partial charge in [0.15, 0.2) is 5.69 Å². The zero-order valence-electron chi connectivity index (χ0n) is 12.8. The van der Waals surface area contributed by atoms with Crippen LogP contribution < -0.4 is 5.32 Å². The summed E-state index contributed by atoms with van der Waals surface area (Å²) in [6.45, 7) is 0.524. The molecule has 124 valence electrons. The van der Waals surface area contributed by atoms with Crippen LogP contribution in [0.5, 0.6) is 0 Å². The largest absolute Gasteiger partial charge is 0.476 e. The number of carboxylic acids is 1. The van der Waals surface area contributed by atoms with Crippen molar-refractivity contribution < 1.29 is 14.7 Å². The van der Waals surface area contributed by atoms with Crippen LogP contribution >= 0.6 is 15.9 Å². The van der Waals surface area contributed by atoms with Crippen molar-refractivity contribution in [3.63, 3.8) is 0 Å². The number of carbonyl (C=O) groups excluding carboxylic acids is 1. The van der Waals surface area contributed by atoms with Crippen molar-refractivity contribution >= 4 is 27.8 Å². The fourth-order valence-corrected chi connectivity index (χ4v) is 3.13. The first-order valence-corrected chi connectivity index (χ1v) is 8.39. The quantitative estimate of drug-likeness (QED) is 0.819. The summed E-state index contributed by atoms with van der Waals surface area (Å²) < 4.78 is 1.03. The number of aromatic nitrogens is 2. The lowest BCUT2D eigenvalue weighted by Gasteiger charge is -2.42. The number of halogens is 1. The van der Waals surface area contributed by atoms with E-state index in [-0.39, 0.29) is 22.7 Å². The molecular formula is C17H16BrN3O3. The first kappa shape index (κ1) is 16.6. The Kier molecular flexibility index (Phi) is 4.62. The fourth-order valence-electron chi connectivity index (χ4n) is 2.87. The second-order valence-electron chi connectivity index (χ2n) is 5.92. The predicted octanol–water partition coefficient (Wildman–Crippen LogP) is 2.79. The van der Waals surface area contributed by atoms with Crippen LogP contribution in [0.2, 0.25) is 0 Å². The van der Waals surface area contributed by atoms with Gasteiger partial charge in [-0.2, -0.15) is 0 Å². The zero-order chi connectivity index (χ0) is 17.2. The van der Waals surface area contributed by atoms with Crippen molar-refractivity contribution in [2.24, 2.45) is 0 Å². The SMILES string of the molecule is O=C(O)c1cnc(C(=O)NCC2(c3ccc(Br)cc3)CCC2)cn1. The van der Waals surface area contributed by atoms with Gasteiger partial charge in [0.05, 0.1) is 12.4 Å². The average Bonchev–Trinajstić information content (AvgIpc) is 2.55. The van der Waals surface area contributed by atoms with Crippen molar-refractivity contribution in [2.45, 2.75) is 24.7 Å². The van der Waals surface area contributed by atoms with Gasteiger partial charge in [-0.1, -0.05) is 34.5 Å². The van der Waals surface area contributed by atoms with Crippen molar-refractivity contribution in [3.8, 4) is 0 Å². The van der Waals surface area contributed by atoms with Crippen LogP contribution in [0.3, 0.4) is 0 Å². The molecule has 0 bridgehead atoms. The Morgan fingerprint density at radius 3 is 2.25 bits per heavy atom. The third-order valence-electron chi connectivity index (χ3n) is 4.46. The molecule has 6 nitrogen and oxygen atoms in total. The third-order valence-corrected chi connectivity index (χ3v) is 4.99. The van der Waals surface area contributed by atoms with Gasteiger partial charge in [0.2, 0.25) is 0 Å². The maximum Gasteiger partial charge on any atom is 0.356 e. The maximum absolute atomic E-state index is 12.2. The van der Waals surface area contributed by atoms with Crippen LogP contribution in [0.1, 0.15) is 45.8 Å². The molecule has 3 rings (SSSR count). The highest BCUT2D eigenvalue weighted by Crippen LogP contribution is 2.43. The van der Waals surface area contributed by atoms with Gasteiger partial charge in [0.1, 0.15) is 5.69 Å². The molecule has 1 aromatic carbocycles. The Morgan fingerprint density at radius 2 is 1.75 bits per heavy atom. The van der Waals surface area contributed by atoms with Gasteiger partial charge in [-0.25, -0.2) is 14.8 Å². The molecule has 0 unspecified atom stereocenters. The minimum atomic E-state index is -1.17. The lowest BCUT2D eigenvalue weighted by atomic mass is 9.64. The Morgan fingerprint density at radius 1 is 1.12 bits per heavy atom. The van der Waals surface area contributed by atoms with Crippen LogP contribution in [-0.4, -0.2) is 33.5 Å². The summed E-state index contributed by atoms with van der Waals surface area (Å²) in [5, 5.41) is 11.7. The Bertz CT molecular complexity index is 756. The number of benzene rings is 1. The zero-order valence-corrected chi connectivity index (χ0v) is 14.4. The van der Waals surface area contributed by atoms with Gasteiger partial charge in [-0.3, -0.25) is 4.79 Å². The molecule has 1 aliphatic carbocycles. The smallest absolute Gasteiger partial charge is 0.356 e. The van der Waals surface area contributed by atoms with Crippen molar-refractivity contribution in [3.05, 3.63) is 58.1 Å². The summed E-state index contributed by atoms with van der Waals surface area (Å²) in [6, 6.07) is 8.17. The number of hydrogen-bond acceptors (Lipinski definition) is 4. The van der Waals surface area contributed by atoms with Gasteiger partial charge >= 0.3 is 5.97 Å². The summed E-state index contributed by atoms with van der Waals surface area (Å²) in [5.74, 6) is -1.51. The molecule has 0 saturated heterocycles. The number of carboxylic acid groups (broad SMARTS) is 1. The summed E-state index contributed by atoms with van der Waals surface area (Å²) in [5.41, 5.74) is 1.11. The highest BCUT2D eigenvalue weighted by Gasteiger charge is 2.38. The van der Waals surface area contributed by atoms with Gasteiger partial charge in [0, 0.05) is 16.4 Å². The van der Waals surface area contributed by atoms with E-state index in [0.29, 0.717) is 6.54 Å². The van der Waals surface area contributed by atoms with Crippen LogP contribution in [0.25, 0.3) is 0 Å². The number of nitrogens with one attached hydrogen (secondary N) is 1. The highest BCUT2D eigenvalue weighted by atomic mass is 79.9. The Balaban J connectivity index is 1.68. The molecule has 2 N–H and O–H groups in total. The van der Waals surface area contributed by atoms with Crippen LogP contribution in [0.15, 0.2) is 41.1 Å². The van der Waals surface area contributed by atoms with E-state index in [0.717, 1.165) is 29.9 Å². The fraction of sp³-hybridized carbons (Fsp3) is 0.294. The molecule has 1 amide bonds. The third kappa shape index (κ3) is 3.31. The first-order chi connectivity index (χ1) is 11.5. The van der Waals surface area contributed by atoms with Crippen LogP contribution in [-0.2, 0) is 5.41 Å². The predicted molar refractivity (Wildman–Crippen MR) is 91.0 cm³/mol. The number of nitrogens with zero attached hydrogens (tertiary/aromatic N) is 2. The molecule has 7 heteroatoms. The lowest BCUT2D eigenvalue weighted by molar-refractivity contribution is 0.0689. The Labute approximate surface area is 147 Å². The standard InChI is InChI=1S/C17H16BrN3O3/c18-12-4-2-11(3-5-12)17(6-1-7-17)10-21-15(22)13-8-20-14(9-19-13)16(23)24/h2-5,8-9H,1,6-7,10H2,(H,21,22)(H,23,24). The van der Waals surface area contributed by atoms with E-state index in [1.165, 1.54) is 11.8 Å². The van der Waals surface area contributed by atoms with Crippen molar-refractivity contribution in [2.75, 3.05) is 6.54 Å². The number of amides is 1. The van der Waals surface area contributed by atoms with Crippen LogP contribution in [0, 0.1) is 0 Å². The molecule has 24 heavy (non-hydrogen) atoms. The first-order valence-electron chi connectivity index (χ1n) is 7.60. The van der Waals surface area contributed by atoms with Crippen molar-refractivity contribution in [1.82, 2.24) is 15.3 Å². The monoisotopic (exact) mass is 389 g/mol. The van der Waals surface area contributed by atoms with Gasteiger partial charge < -0.3 is 10.4 Å². The topological polar surface area (TPSA) is 92.2 Å². The van der Waals surface area contributed by atoms with Gasteiger partial charge in [-0.05, 0) is 30.5 Å². The molecule has 0 radical (unpaired) electrons. The normalized spacial score (nSPS) is 15.4. The van der Waals surface area contributed by atoms with E-state index in [2.05, 4.69) is 43.3 Å². The molecule has 1 aromatic heterocycles. The number of rotatable bonds is 5. The van der Waals surface area contributed by atoms with Crippen LogP contribution in [0.4, 0.5) is 0 Å². The molecule has 0 spiro atoms. The molecule has 1 aliphatic rings. The van der Waals surface area contributed by atoms with Gasteiger partial charge in [0.25, 0.3) is 5.91 Å². The second kappa shape index (κ2) is 6.68. The van der Waals surface area contributed by atoms with Gasteiger partial charge in [-0.15, -0.1) is 0 Å². The second-order valence-corrected chi connectivity index (χ2v) is 6.83. The minimum Gasteiger partial charge on any atom is -0.476 e. The Hall–Kier alpha value is -2.28. The lowest BCUT2D eigenvalue weighted by Crippen LogP contribution is -2.45. The summed E-state index contributed by atoms with van der Waals surface area (Å²) in [4.78, 5) is 30.6. The number of carbonyl (C=O) groups is 2. The number of hydrogen-bond donors (Lipinski definition) is 2. The molecule has 0 atom stereocenters. The van der Waals surface area contributed by atoms with E-state index in [1.807, 2.05) is 12.1 Å². The average molecular weight is 390 g/mol. The summed E-state index contributed by atoms with van der Waals surface area (Å²) in [7, 11) is 0. The minimum absolute atomic E-state index is 0.0369. The summed E-state index contributed by atoms with van der Waals surface area (Å²) >= 11 is 3.43. The van der Waals surface area contributed by atoms with Crippen molar-refractivity contribution in [1.29, 1.82) is 0 Å². The van der Waals surface area contributed by atoms with E-state index in [1.54, 1.807) is 0 Å². The molecule has 1 saturated carbocycles. The van der Waals surface area contributed by atoms with E-state index >= 15 is 0 Å². The molecule has 0 aliphatic heterocycles. The maximum atomic E-state index is 12.2. The molecule has 1 fully saturated rings. The number of aromatic carboxylic acids is 1.